The summed E-state index contributed by atoms with van der Waals surface area (Å²) in [6.07, 6.45) is 0.829. The molecule has 28 heavy (non-hydrogen) atoms. The Kier molecular flexibility index (Phi) is 8.29. The van der Waals surface area contributed by atoms with E-state index in [1.807, 2.05) is 30.9 Å². The van der Waals surface area contributed by atoms with Gasteiger partial charge >= 0.3 is 0 Å². The third-order valence-corrected chi connectivity index (χ3v) is 4.35. The molecule has 0 aromatic heterocycles. The Balaban J connectivity index is 1.96. The minimum absolute atomic E-state index is 0.110. The molecule has 7 heteroatoms. The summed E-state index contributed by atoms with van der Waals surface area (Å²) < 4.78 is 5.25. The van der Waals surface area contributed by atoms with Crippen LogP contribution < -0.4 is 15.4 Å². The zero-order valence-electron chi connectivity index (χ0n) is 16.4. The molecule has 0 saturated heterocycles. The molecule has 0 heterocycles. The fourth-order valence-electron chi connectivity index (χ4n) is 2.83. The molecule has 0 spiro atoms. The van der Waals surface area contributed by atoms with E-state index in [0.29, 0.717) is 28.7 Å². The van der Waals surface area contributed by atoms with Gasteiger partial charge in [-0.25, -0.2) is 0 Å². The Morgan fingerprint density at radius 2 is 1.68 bits per heavy atom. The number of ether oxygens (including phenoxy) is 1. The maximum absolute atomic E-state index is 12.4. The van der Waals surface area contributed by atoms with E-state index in [0.717, 1.165) is 12.0 Å². The first-order chi connectivity index (χ1) is 13.4. The molecule has 0 aliphatic rings. The smallest absolute Gasteiger partial charge is 0.238 e. The lowest BCUT2D eigenvalue weighted by Crippen LogP contribution is -2.39. The molecule has 0 aliphatic carbocycles. The van der Waals surface area contributed by atoms with Crippen LogP contribution in [-0.2, 0) is 9.59 Å². The number of carbonyl (C=O) groups excluding carboxylic acids is 2. The van der Waals surface area contributed by atoms with Gasteiger partial charge in [0, 0.05) is 10.7 Å². The fraction of sp³-hybridized carbons (Fsp3) is 0.333. The highest BCUT2D eigenvalue weighted by Gasteiger charge is 2.16. The average molecular weight is 404 g/mol. The minimum Gasteiger partial charge on any atom is -0.495 e. The highest BCUT2D eigenvalue weighted by Crippen LogP contribution is 2.23. The van der Waals surface area contributed by atoms with Gasteiger partial charge in [-0.15, -0.1) is 0 Å². The largest absolute Gasteiger partial charge is 0.495 e. The summed E-state index contributed by atoms with van der Waals surface area (Å²) in [7, 11) is 1.55. The molecule has 150 valence electrons. The summed E-state index contributed by atoms with van der Waals surface area (Å²) >= 11 is 5.95. The molecule has 0 aliphatic heterocycles. The lowest BCUT2D eigenvalue weighted by Gasteiger charge is -2.21. The molecule has 0 fully saturated rings. The molecule has 0 atom stereocenters. The summed E-state index contributed by atoms with van der Waals surface area (Å²) in [6.45, 7) is 4.75. The van der Waals surface area contributed by atoms with Crippen molar-refractivity contribution in [2.75, 3.05) is 37.4 Å². The molecule has 6 nitrogen and oxygen atoms in total. The Morgan fingerprint density at radius 3 is 2.29 bits per heavy atom. The lowest BCUT2D eigenvalue weighted by molar-refractivity contribution is -0.120. The summed E-state index contributed by atoms with van der Waals surface area (Å²) in [5.74, 6) is 0.214. The molecule has 2 amide bonds. The van der Waals surface area contributed by atoms with Crippen molar-refractivity contribution in [3.8, 4) is 5.75 Å². The summed E-state index contributed by atoms with van der Waals surface area (Å²) in [5, 5.41) is 6.33. The number of methoxy groups -OCH3 is 1. The summed E-state index contributed by atoms with van der Waals surface area (Å²) in [5.41, 5.74) is 2.20. The van der Waals surface area contributed by atoms with Crippen molar-refractivity contribution in [3.63, 3.8) is 0 Å². The van der Waals surface area contributed by atoms with Crippen LogP contribution in [0.2, 0.25) is 5.02 Å². The van der Waals surface area contributed by atoms with Crippen LogP contribution in [0.15, 0.2) is 42.5 Å². The normalized spacial score (nSPS) is 10.6. The predicted molar refractivity (Wildman–Crippen MR) is 113 cm³/mol. The topological polar surface area (TPSA) is 70.7 Å². The number of anilines is 2. The number of nitrogens with one attached hydrogen (secondary N) is 2. The third-order valence-electron chi connectivity index (χ3n) is 4.12. The number of halogens is 1. The van der Waals surface area contributed by atoms with E-state index in [4.69, 9.17) is 16.3 Å². The van der Waals surface area contributed by atoms with Crippen molar-refractivity contribution >= 4 is 34.8 Å². The molecule has 0 saturated carbocycles. The van der Waals surface area contributed by atoms with Gasteiger partial charge in [0.05, 0.1) is 25.9 Å². The van der Waals surface area contributed by atoms with Crippen LogP contribution in [0.25, 0.3) is 0 Å². The number of hydrogen-bond acceptors (Lipinski definition) is 4. The second kappa shape index (κ2) is 10.7. The Hall–Kier alpha value is -2.57. The Labute approximate surface area is 170 Å². The van der Waals surface area contributed by atoms with Gasteiger partial charge in [0.15, 0.2) is 0 Å². The van der Waals surface area contributed by atoms with Crippen LogP contribution in [0.4, 0.5) is 11.4 Å². The van der Waals surface area contributed by atoms with Gasteiger partial charge in [-0.3, -0.25) is 14.5 Å². The van der Waals surface area contributed by atoms with Crippen LogP contribution in [0, 0.1) is 6.92 Å². The van der Waals surface area contributed by atoms with Crippen molar-refractivity contribution in [2.45, 2.75) is 20.3 Å². The molecule has 2 aromatic rings. The maximum atomic E-state index is 12.4. The van der Waals surface area contributed by atoms with Crippen LogP contribution in [-0.4, -0.2) is 43.5 Å². The number of hydrogen-bond donors (Lipinski definition) is 2. The Bertz CT molecular complexity index is 826. The quantitative estimate of drug-likeness (QED) is 0.665. The standard InChI is InChI=1S/C21H26ClN3O3/c1-4-11-25(13-20(26)23-17-10-9-16(22)12-15(17)2)14-21(27)24-18-7-5-6-8-19(18)28-3/h5-10,12H,4,11,13-14H2,1-3H3,(H,23,26)(H,24,27). The van der Waals surface area contributed by atoms with Gasteiger partial charge in [-0.2, -0.15) is 0 Å². The highest BCUT2D eigenvalue weighted by atomic mass is 35.5. The van der Waals surface area contributed by atoms with Gasteiger partial charge in [0.2, 0.25) is 11.8 Å². The zero-order valence-corrected chi connectivity index (χ0v) is 17.2. The van der Waals surface area contributed by atoms with Crippen molar-refractivity contribution in [1.29, 1.82) is 0 Å². The van der Waals surface area contributed by atoms with E-state index in [1.165, 1.54) is 0 Å². The summed E-state index contributed by atoms with van der Waals surface area (Å²) in [6, 6.07) is 12.5. The molecule has 2 aromatic carbocycles. The van der Waals surface area contributed by atoms with E-state index in [1.54, 1.807) is 37.4 Å². The van der Waals surface area contributed by atoms with Crippen molar-refractivity contribution in [3.05, 3.63) is 53.1 Å². The maximum Gasteiger partial charge on any atom is 0.238 e. The second-order valence-electron chi connectivity index (χ2n) is 6.47. The van der Waals surface area contributed by atoms with Crippen LogP contribution in [0.3, 0.4) is 0 Å². The van der Waals surface area contributed by atoms with E-state index in [-0.39, 0.29) is 24.9 Å². The molecule has 0 radical (unpaired) electrons. The molecule has 0 unspecified atom stereocenters. The molecule has 2 N–H and O–H groups in total. The number of aryl methyl sites for hydroxylation is 1. The van der Waals surface area contributed by atoms with E-state index in [2.05, 4.69) is 10.6 Å². The first-order valence-corrected chi connectivity index (χ1v) is 9.52. The van der Waals surface area contributed by atoms with E-state index >= 15 is 0 Å². The molecule has 2 rings (SSSR count). The van der Waals surface area contributed by atoms with Gasteiger partial charge < -0.3 is 15.4 Å². The fourth-order valence-corrected chi connectivity index (χ4v) is 3.06. The highest BCUT2D eigenvalue weighted by molar-refractivity contribution is 6.30. The molecular formula is C21H26ClN3O3. The second-order valence-corrected chi connectivity index (χ2v) is 6.90. The summed E-state index contributed by atoms with van der Waals surface area (Å²) in [4.78, 5) is 26.7. The number of amides is 2. The number of nitrogens with zero attached hydrogens (tertiary/aromatic N) is 1. The van der Waals surface area contributed by atoms with Crippen LogP contribution >= 0.6 is 11.6 Å². The molecular weight excluding hydrogens is 378 g/mol. The van der Waals surface area contributed by atoms with E-state index < -0.39 is 0 Å². The minimum atomic E-state index is -0.201. The number of benzene rings is 2. The van der Waals surface area contributed by atoms with Gasteiger partial charge in [0.25, 0.3) is 0 Å². The SMILES string of the molecule is CCCN(CC(=O)Nc1ccc(Cl)cc1C)CC(=O)Nc1ccccc1OC. The number of rotatable bonds is 9. The number of para-hydroxylation sites is 2. The number of carbonyl (C=O) groups is 2. The molecule has 0 bridgehead atoms. The first-order valence-electron chi connectivity index (χ1n) is 9.14. The van der Waals surface area contributed by atoms with Gasteiger partial charge in [-0.05, 0) is 55.8 Å². The van der Waals surface area contributed by atoms with Gasteiger partial charge in [-0.1, -0.05) is 30.7 Å². The van der Waals surface area contributed by atoms with Crippen LogP contribution in [0.5, 0.6) is 5.75 Å². The third kappa shape index (κ3) is 6.55. The average Bonchev–Trinajstić information content (AvgIpc) is 2.64. The monoisotopic (exact) mass is 403 g/mol. The van der Waals surface area contributed by atoms with Crippen molar-refractivity contribution < 1.29 is 14.3 Å². The lowest BCUT2D eigenvalue weighted by atomic mass is 10.2. The van der Waals surface area contributed by atoms with E-state index in [9.17, 15) is 9.59 Å². The van der Waals surface area contributed by atoms with Crippen molar-refractivity contribution in [1.82, 2.24) is 4.90 Å². The van der Waals surface area contributed by atoms with Crippen molar-refractivity contribution in [2.24, 2.45) is 0 Å². The van der Waals surface area contributed by atoms with Crippen LogP contribution in [0.1, 0.15) is 18.9 Å². The predicted octanol–water partition coefficient (Wildman–Crippen LogP) is 3.95. The van der Waals surface area contributed by atoms with Gasteiger partial charge in [0.1, 0.15) is 5.75 Å². The zero-order chi connectivity index (χ0) is 20.5. The first kappa shape index (κ1) is 21.7. The Morgan fingerprint density at radius 1 is 1.04 bits per heavy atom.